The second-order valence-electron chi connectivity index (χ2n) is 3.21. The summed E-state index contributed by atoms with van der Waals surface area (Å²) in [6, 6.07) is 0.0414. The van der Waals surface area contributed by atoms with Crippen molar-refractivity contribution in [3.05, 3.63) is 0 Å². The molecule has 0 heterocycles. The molecule has 2 atom stereocenters. The first-order valence-electron chi connectivity index (χ1n) is 4.65. The molecule has 4 nitrogen and oxygen atoms in total. The van der Waals surface area contributed by atoms with Gasteiger partial charge in [0.1, 0.15) is 0 Å². The Morgan fingerprint density at radius 3 is 3.00 bits per heavy atom. The zero-order valence-corrected chi connectivity index (χ0v) is 8.69. The molecule has 0 aromatic rings. The lowest BCUT2D eigenvalue weighted by molar-refractivity contribution is 0.237. The van der Waals surface area contributed by atoms with Gasteiger partial charge in [0.25, 0.3) is 0 Å². The van der Waals surface area contributed by atoms with Gasteiger partial charge in [0, 0.05) is 11.3 Å². The minimum atomic E-state index is -0.271. The molecule has 1 saturated carbocycles. The summed E-state index contributed by atoms with van der Waals surface area (Å²) in [5, 5.41) is 3.54. The Hall–Kier alpha value is -0.420. The Morgan fingerprint density at radius 1 is 1.62 bits per heavy atom. The number of rotatable bonds is 3. The standard InChI is InChI=1S/C8H17N3OS/c1-2-13-7-4-3-6(5-7)10-8(12)11-9/h6-7H,2-5,9H2,1H3,(H2,10,11,12). The lowest BCUT2D eigenvalue weighted by Gasteiger charge is -2.11. The smallest absolute Gasteiger partial charge is 0.329 e. The Bertz CT molecular complexity index is 177. The molecule has 0 saturated heterocycles. The quantitative estimate of drug-likeness (QED) is 0.361. The maximum Gasteiger partial charge on any atom is 0.329 e. The van der Waals surface area contributed by atoms with Crippen LogP contribution >= 0.6 is 11.8 Å². The Kier molecular flexibility index (Phi) is 4.38. The van der Waals surface area contributed by atoms with Crippen molar-refractivity contribution in [3.63, 3.8) is 0 Å². The van der Waals surface area contributed by atoms with E-state index in [0.29, 0.717) is 11.3 Å². The SMILES string of the molecule is CCSC1CCC(NC(=O)NN)C1. The van der Waals surface area contributed by atoms with Crippen LogP contribution in [0.2, 0.25) is 0 Å². The summed E-state index contributed by atoms with van der Waals surface area (Å²) in [5.41, 5.74) is 2.08. The fourth-order valence-corrected chi connectivity index (χ4v) is 2.83. The minimum absolute atomic E-state index is 0.271. The van der Waals surface area contributed by atoms with Crippen molar-refractivity contribution in [2.75, 3.05) is 5.75 Å². The number of hydrogen-bond acceptors (Lipinski definition) is 3. The number of amides is 2. The van der Waals surface area contributed by atoms with Crippen LogP contribution in [0.4, 0.5) is 4.79 Å². The average molecular weight is 203 g/mol. The maximum absolute atomic E-state index is 10.9. The van der Waals surface area contributed by atoms with Crippen molar-refractivity contribution in [3.8, 4) is 0 Å². The lowest BCUT2D eigenvalue weighted by Crippen LogP contribution is -2.44. The molecule has 1 aliphatic rings. The lowest BCUT2D eigenvalue weighted by atomic mass is 10.3. The molecule has 0 bridgehead atoms. The van der Waals surface area contributed by atoms with Crippen LogP contribution in [0.15, 0.2) is 0 Å². The molecule has 5 heteroatoms. The molecule has 0 radical (unpaired) electrons. The van der Waals surface area contributed by atoms with Crippen LogP contribution in [0.5, 0.6) is 0 Å². The van der Waals surface area contributed by atoms with Gasteiger partial charge in [0.2, 0.25) is 0 Å². The molecule has 4 N–H and O–H groups in total. The third-order valence-electron chi connectivity index (χ3n) is 2.25. The molecule has 13 heavy (non-hydrogen) atoms. The van der Waals surface area contributed by atoms with Crippen molar-refractivity contribution >= 4 is 17.8 Å². The van der Waals surface area contributed by atoms with Gasteiger partial charge < -0.3 is 5.32 Å². The van der Waals surface area contributed by atoms with Crippen molar-refractivity contribution in [2.24, 2.45) is 5.84 Å². The van der Waals surface area contributed by atoms with Gasteiger partial charge in [-0.15, -0.1) is 0 Å². The molecule has 1 rings (SSSR count). The molecular formula is C8H17N3OS. The fraction of sp³-hybridized carbons (Fsp3) is 0.875. The second-order valence-corrected chi connectivity index (χ2v) is 4.78. The normalized spacial score (nSPS) is 27.2. The van der Waals surface area contributed by atoms with Gasteiger partial charge in [-0.3, -0.25) is 5.43 Å². The number of carbonyl (C=O) groups is 1. The molecule has 0 aliphatic heterocycles. The molecule has 76 valence electrons. The van der Waals surface area contributed by atoms with Gasteiger partial charge >= 0.3 is 6.03 Å². The number of urea groups is 1. The van der Waals surface area contributed by atoms with Crippen LogP contribution in [-0.4, -0.2) is 23.1 Å². The highest BCUT2D eigenvalue weighted by Crippen LogP contribution is 2.29. The Labute approximate surface area is 83.0 Å². The Balaban J connectivity index is 2.20. The minimum Gasteiger partial charge on any atom is -0.334 e. The van der Waals surface area contributed by atoms with E-state index in [2.05, 4.69) is 17.7 Å². The van der Waals surface area contributed by atoms with Gasteiger partial charge in [0.15, 0.2) is 0 Å². The van der Waals surface area contributed by atoms with Gasteiger partial charge in [-0.25, -0.2) is 10.6 Å². The number of nitrogens with one attached hydrogen (secondary N) is 2. The first kappa shape index (κ1) is 10.7. The van der Waals surface area contributed by atoms with Crippen LogP contribution in [0.1, 0.15) is 26.2 Å². The molecule has 0 aromatic carbocycles. The summed E-state index contributed by atoms with van der Waals surface area (Å²) in [4.78, 5) is 10.9. The molecule has 2 amide bonds. The molecule has 0 aromatic heterocycles. The topological polar surface area (TPSA) is 67.2 Å². The third-order valence-corrected chi connectivity index (χ3v) is 3.49. The Morgan fingerprint density at radius 2 is 2.38 bits per heavy atom. The largest absolute Gasteiger partial charge is 0.334 e. The van der Waals surface area contributed by atoms with Crippen molar-refractivity contribution < 1.29 is 4.79 Å². The average Bonchev–Trinajstić information content (AvgIpc) is 2.53. The zero-order chi connectivity index (χ0) is 9.68. The van der Waals surface area contributed by atoms with Crippen LogP contribution in [0.25, 0.3) is 0 Å². The van der Waals surface area contributed by atoms with Gasteiger partial charge in [-0.05, 0) is 25.0 Å². The zero-order valence-electron chi connectivity index (χ0n) is 7.88. The van der Waals surface area contributed by atoms with Gasteiger partial charge in [-0.1, -0.05) is 6.92 Å². The van der Waals surface area contributed by atoms with E-state index in [4.69, 9.17) is 5.84 Å². The molecule has 2 unspecified atom stereocenters. The van der Waals surface area contributed by atoms with Crippen molar-refractivity contribution in [2.45, 2.75) is 37.5 Å². The van der Waals surface area contributed by atoms with Crippen LogP contribution in [-0.2, 0) is 0 Å². The fourth-order valence-electron chi connectivity index (χ4n) is 1.69. The molecule has 0 spiro atoms. The van der Waals surface area contributed by atoms with E-state index < -0.39 is 0 Å². The van der Waals surface area contributed by atoms with Crippen molar-refractivity contribution in [1.29, 1.82) is 0 Å². The van der Waals surface area contributed by atoms with E-state index in [1.807, 2.05) is 11.8 Å². The summed E-state index contributed by atoms with van der Waals surface area (Å²) < 4.78 is 0. The highest BCUT2D eigenvalue weighted by atomic mass is 32.2. The first-order chi connectivity index (χ1) is 6.26. The van der Waals surface area contributed by atoms with Crippen LogP contribution < -0.4 is 16.6 Å². The predicted molar refractivity (Wildman–Crippen MR) is 55.4 cm³/mol. The number of carbonyl (C=O) groups excluding carboxylic acids is 1. The van der Waals surface area contributed by atoms with Crippen molar-refractivity contribution in [1.82, 2.24) is 10.7 Å². The molecule has 1 fully saturated rings. The monoisotopic (exact) mass is 203 g/mol. The van der Waals surface area contributed by atoms with Gasteiger partial charge in [-0.2, -0.15) is 11.8 Å². The van der Waals surface area contributed by atoms with E-state index in [1.54, 1.807) is 0 Å². The van der Waals surface area contributed by atoms with E-state index in [-0.39, 0.29) is 6.03 Å². The summed E-state index contributed by atoms with van der Waals surface area (Å²) in [5.74, 6) is 6.13. The van der Waals surface area contributed by atoms with E-state index in [1.165, 1.54) is 6.42 Å². The van der Waals surface area contributed by atoms with Crippen LogP contribution in [0.3, 0.4) is 0 Å². The maximum atomic E-state index is 10.9. The molecular weight excluding hydrogens is 186 g/mol. The summed E-state index contributed by atoms with van der Waals surface area (Å²) in [7, 11) is 0. The number of thioether (sulfide) groups is 1. The van der Waals surface area contributed by atoms with E-state index in [9.17, 15) is 4.79 Å². The van der Waals surface area contributed by atoms with Gasteiger partial charge in [0.05, 0.1) is 0 Å². The number of hydrogen-bond donors (Lipinski definition) is 3. The molecule has 1 aliphatic carbocycles. The third kappa shape index (κ3) is 3.44. The summed E-state index contributed by atoms with van der Waals surface area (Å²) >= 11 is 1.97. The number of hydrazine groups is 1. The van der Waals surface area contributed by atoms with Crippen LogP contribution in [0, 0.1) is 0 Å². The van der Waals surface area contributed by atoms with E-state index in [0.717, 1.165) is 18.6 Å². The first-order valence-corrected chi connectivity index (χ1v) is 5.69. The highest BCUT2D eigenvalue weighted by molar-refractivity contribution is 7.99. The highest BCUT2D eigenvalue weighted by Gasteiger charge is 2.25. The number of nitrogens with two attached hydrogens (primary N) is 1. The predicted octanol–water partition coefficient (Wildman–Crippen LogP) is 0.834. The van der Waals surface area contributed by atoms with E-state index >= 15 is 0 Å². The second kappa shape index (κ2) is 5.34. The summed E-state index contributed by atoms with van der Waals surface area (Å²) in [6.45, 7) is 2.16. The summed E-state index contributed by atoms with van der Waals surface area (Å²) in [6.07, 6.45) is 3.35.